The molecule has 2 aliphatic rings. The van der Waals surface area contributed by atoms with Crippen LogP contribution in [0.4, 0.5) is 5.82 Å². The first-order chi connectivity index (χ1) is 14.3. The molecule has 3 heterocycles. The highest BCUT2D eigenvalue weighted by Gasteiger charge is 2.30. The van der Waals surface area contributed by atoms with E-state index in [2.05, 4.69) is 63.4 Å². The van der Waals surface area contributed by atoms with E-state index >= 15 is 0 Å². The number of pyridine rings is 1. The lowest BCUT2D eigenvalue weighted by molar-refractivity contribution is 0.0925. The van der Waals surface area contributed by atoms with Crippen LogP contribution < -0.4 is 10.2 Å². The van der Waals surface area contributed by atoms with Crippen molar-refractivity contribution in [3.63, 3.8) is 0 Å². The predicted molar refractivity (Wildman–Crippen MR) is 133 cm³/mol. The summed E-state index contributed by atoms with van der Waals surface area (Å²) < 4.78 is 6.04. The zero-order valence-electron chi connectivity index (χ0n) is 17.6. The lowest BCUT2D eigenvalue weighted by Crippen LogP contribution is -2.52. The molecule has 2 atom stereocenters. The molecule has 4 rings (SSSR count). The molecule has 0 amide bonds. The van der Waals surface area contributed by atoms with Crippen LogP contribution in [0, 0.1) is 5.92 Å². The molecule has 0 aliphatic carbocycles. The highest BCUT2D eigenvalue weighted by molar-refractivity contribution is 14.0. The number of halogens is 1. The molecule has 2 aromatic rings. The highest BCUT2D eigenvalue weighted by Crippen LogP contribution is 2.34. The van der Waals surface area contributed by atoms with Crippen LogP contribution in [0.25, 0.3) is 0 Å². The fourth-order valence-electron chi connectivity index (χ4n) is 4.15. The molecule has 0 bridgehead atoms. The molecule has 2 saturated heterocycles. The molecule has 1 N–H and O–H groups in total. The van der Waals surface area contributed by atoms with Gasteiger partial charge in [0.2, 0.25) is 0 Å². The Morgan fingerprint density at radius 3 is 2.57 bits per heavy atom. The predicted octanol–water partition coefficient (Wildman–Crippen LogP) is 3.56. The van der Waals surface area contributed by atoms with Gasteiger partial charge < -0.3 is 19.9 Å². The van der Waals surface area contributed by atoms with E-state index in [1.54, 1.807) is 0 Å². The van der Waals surface area contributed by atoms with Gasteiger partial charge in [-0.3, -0.25) is 4.99 Å². The summed E-state index contributed by atoms with van der Waals surface area (Å²) in [5, 5.41) is 3.49. The van der Waals surface area contributed by atoms with E-state index in [1.165, 1.54) is 5.56 Å². The van der Waals surface area contributed by atoms with E-state index in [-0.39, 0.29) is 30.1 Å². The maximum absolute atomic E-state index is 6.04. The molecule has 30 heavy (non-hydrogen) atoms. The second-order valence-corrected chi connectivity index (χ2v) is 7.61. The molecule has 1 aromatic carbocycles. The molecular weight excluding hydrogens is 489 g/mol. The number of ether oxygens (including phenoxy) is 1. The third-order valence-electron chi connectivity index (χ3n) is 5.71. The first-order valence-electron chi connectivity index (χ1n) is 10.7. The zero-order valence-corrected chi connectivity index (χ0v) is 19.9. The number of guanidine groups is 1. The van der Waals surface area contributed by atoms with Crippen LogP contribution in [-0.4, -0.2) is 61.7 Å². The van der Waals surface area contributed by atoms with Crippen molar-refractivity contribution in [3.8, 4) is 0 Å². The Balaban J connectivity index is 0.00000256. The van der Waals surface area contributed by atoms with Gasteiger partial charge in [0.1, 0.15) is 5.82 Å². The van der Waals surface area contributed by atoms with Crippen LogP contribution >= 0.6 is 24.0 Å². The average Bonchev–Trinajstić information content (AvgIpc) is 3.27. The quantitative estimate of drug-likeness (QED) is 0.371. The van der Waals surface area contributed by atoms with Gasteiger partial charge in [0.25, 0.3) is 0 Å². The Hall–Kier alpha value is -1.87. The van der Waals surface area contributed by atoms with Gasteiger partial charge in [0.15, 0.2) is 5.96 Å². The molecule has 2 aliphatic heterocycles. The Labute approximate surface area is 196 Å². The second-order valence-electron chi connectivity index (χ2n) is 7.61. The molecule has 7 heteroatoms. The lowest BCUT2D eigenvalue weighted by Gasteiger charge is -2.37. The van der Waals surface area contributed by atoms with E-state index in [4.69, 9.17) is 9.73 Å². The lowest BCUT2D eigenvalue weighted by atomic mass is 9.95. The minimum atomic E-state index is 0. The van der Waals surface area contributed by atoms with Gasteiger partial charge in [-0.05, 0) is 31.0 Å². The summed E-state index contributed by atoms with van der Waals surface area (Å²) in [6.45, 7) is 8.44. The third-order valence-corrected chi connectivity index (χ3v) is 5.71. The number of anilines is 1. The number of aliphatic imine (C=N–C) groups is 1. The van der Waals surface area contributed by atoms with Crippen LogP contribution in [-0.2, 0) is 4.74 Å². The third kappa shape index (κ3) is 5.63. The Bertz CT molecular complexity index is 781. The van der Waals surface area contributed by atoms with E-state index in [1.807, 2.05) is 18.3 Å². The van der Waals surface area contributed by atoms with Crippen LogP contribution in [0.15, 0.2) is 59.7 Å². The van der Waals surface area contributed by atoms with E-state index in [0.29, 0.717) is 5.92 Å². The van der Waals surface area contributed by atoms with Crippen molar-refractivity contribution < 1.29 is 4.74 Å². The van der Waals surface area contributed by atoms with Gasteiger partial charge >= 0.3 is 0 Å². The van der Waals surface area contributed by atoms with Gasteiger partial charge in [-0.2, -0.15) is 0 Å². The van der Waals surface area contributed by atoms with Crippen molar-refractivity contribution in [2.45, 2.75) is 19.4 Å². The Morgan fingerprint density at radius 2 is 1.87 bits per heavy atom. The maximum Gasteiger partial charge on any atom is 0.194 e. The summed E-state index contributed by atoms with van der Waals surface area (Å²) in [5.74, 6) is 2.51. The van der Waals surface area contributed by atoms with Gasteiger partial charge in [0, 0.05) is 58.0 Å². The van der Waals surface area contributed by atoms with Crippen molar-refractivity contribution in [2.75, 3.05) is 50.8 Å². The minimum absolute atomic E-state index is 0. The largest absolute Gasteiger partial charge is 0.373 e. The van der Waals surface area contributed by atoms with Gasteiger partial charge in [0.05, 0.1) is 6.10 Å². The van der Waals surface area contributed by atoms with Crippen LogP contribution in [0.1, 0.15) is 25.0 Å². The van der Waals surface area contributed by atoms with Crippen molar-refractivity contribution in [1.82, 2.24) is 15.2 Å². The molecule has 2 unspecified atom stereocenters. The summed E-state index contributed by atoms with van der Waals surface area (Å²) in [7, 11) is 0. The minimum Gasteiger partial charge on any atom is -0.373 e. The first kappa shape index (κ1) is 22.8. The molecule has 0 saturated carbocycles. The number of aromatic nitrogens is 1. The Kier molecular flexibility index (Phi) is 8.74. The smallest absolute Gasteiger partial charge is 0.194 e. The van der Waals surface area contributed by atoms with Gasteiger partial charge in [-0.1, -0.05) is 36.4 Å². The van der Waals surface area contributed by atoms with Gasteiger partial charge in [-0.15, -0.1) is 24.0 Å². The number of hydrogen-bond donors (Lipinski definition) is 1. The number of piperazine rings is 1. The zero-order chi connectivity index (χ0) is 19.9. The molecule has 1 aromatic heterocycles. The normalized spacial score (nSPS) is 22.0. The summed E-state index contributed by atoms with van der Waals surface area (Å²) in [4.78, 5) is 14.2. The Morgan fingerprint density at radius 1 is 1.10 bits per heavy atom. The molecule has 0 radical (unpaired) electrons. The molecular formula is C23H32IN5O. The number of nitrogens with zero attached hydrogens (tertiary/aromatic N) is 4. The first-order valence-corrected chi connectivity index (χ1v) is 10.7. The summed E-state index contributed by atoms with van der Waals surface area (Å²) in [6.07, 6.45) is 3.08. The summed E-state index contributed by atoms with van der Waals surface area (Å²) in [5.41, 5.74) is 1.26. The summed E-state index contributed by atoms with van der Waals surface area (Å²) >= 11 is 0. The van der Waals surface area contributed by atoms with Crippen molar-refractivity contribution in [1.29, 1.82) is 0 Å². The van der Waals surface area contributed by atoms with Crippen molar-refractivity contribution in [3.05, 3.63) is 60.3 Å². The fraction of sp³-hybridized carbons (Fsp3) is 0.478. The monoisotopic (exact) mass is 521 g/mol. The van der Waals surface area contributed by atoms with E-state index < -0.39 is 0 Å². The fourth-order valence-corrected chi connectivity index (χ4v) is 4.15. The number of rotatable bonds is 5. The van der Waals surface area contributed by atoms with Gasteiger partial charge in [-0.25, -0.2) is 4.98 Å². The molecule has 162 valence electrons. The SMILES string of the molecule is CCNC(=NCC1CCOC1c1ccccc1)N1CCN(c2ccccn2)CC1.I. The topological polar surface area (TPSA) is 53.0 Å². The van der Waals surface area contributed by atoms with Crippen LogP contribution in [0.5, 0.6) is 0 Å². The van der Waals surface area contributed by atoms with E-state index in [9.17, 15) is 0 Å². The number of benzene rings is 1. The van der Waals surface area contributed by atoms with Crippen LogP contribution in [0.3, 0.4) is 0 Å². The maximum atomic E-state index is 6.04. The van der Waals surface area contributed by atoms with Crippen molar-refractivity contribution >= 4 is 35.8 Å². The van der Waals surface area contributed by atoms with Crippen molar-refractivity contribution in [2.24, 2.45) is 10.9 Å². The van der Waals surface area contributed by atoms with E-state index in [0.717, 1.165) is 64.1 Å². The number of nitrogens with one attached hydrogen (secondary N) is 1. The summed E-state index contributed by atoms with van der Waals surface area (Å²) in [6, 6.07) is 16.6. The standard InChI is InChI=1S/C23H31N5O.HI/c1-2-24-23(28-15-13-27(14-16-28)21-10-6-7-12-25-21)26-18-20-11-17-29-22(20)19-8-4-3-5-9-19;/h3-10,12,20,22H,2,11,13-18H2,1H3,(H,24,26);1H. The van der Waals surface area contributed by atoms with Crippen LogP contribution in [0.2, 0.25) is 0 Å². The molecule has 0 spiro atoms. The molecule has 2 fully saturated rings. The number of hydrogen-bond acceptors (Lipinski definition) is 4. The highest BCUT2D eigenvalue weighted by atomic mass is 127. The average molecular weight is 521 g/mol. The molecule has 6 nitrogen and oxygen atoms in total. The second kappa shape index (κ2) is 11.5.